The molecule has 4 nitrogen and oxygen atoms in total. The number of aromatic nitrogens is 2. The third kappa shape index (κ3) is 2.55. The van der Waals surface area contributed by atoms with Crippen LogP contribution in [0.3, 0.4) is 0 Å². The molecular formula is C15H16N2O2S. The van der Waals surface area contributed by atoms with Gasteiger partial charge >= 0.3 is 0 Å². The van der Waals surface area contributed by atoms with E-state index >= 15 is 0 Å². The highest BCUT2D eigenvalue weighted by molar-refractivity contribution is 7.17. The first-order valence-corrected chi connectivity index (χ1v) is 7.39. The largest absolute Gasteiger partial charge is 0.494 e. The summed E-state index contributed by atoms with van der Waals surface area (Å²) in [5.74, 6) is 0.903. The maximum absolute atomic E-state index is 9.23. The molecule has 104 valence electrons. The Morgan fingerprint density at radius 2 is 2.10 bits per heavy atom. The van der Waals surface area contributed by atoms with E-state index in [2.05, 4.69) is 23.3 Å². The van der Waals surface area contributed by atoms with Gasteiger partial charge in [-0.3, -0.25) is 4.40 Å². The Hall–Kier alpha value is -1.85. The molecule has 0 aliphatic carbocycles. The van der Waals surface area contributed by atoms with Gasteiger partial charge in [-0.05, 0) is 24.6 Å². The lowest BCUT2D eigenvalue weighted by Crippen LogP contribution is -1.92. The smallest absolute Gasteiger partial charge is 0.194 e. The topological polar surface area (TPSA) is 46.8 Å². The van der Waals surface area contributed by atoms with E-state index in [1.54, 1.807) is 17.5 Å². The van der Waals surface area contributed by atoms with Crippen LogP contribution in [0.2, 0.25) is 0 Å². The van der Waals surface area contributed by atoms with Gasteiger partial charge in [-0.1, -0.05) is 12.1 Å². The van der Waals surface area contributed by atoms with Crippen molar-refractivity contribution in [2.75, 3.05) is 6.61 Å². The number of benzene rings is 1. The number of aliphatic hydroxyl groups is 1. The Morgan fingerprint density at radius 3 is 2.80 bits per heavy atom. The molecule has 0 unspecified atom stereocenters. The van der Waals surface area contributed by atoms with Crippen LogP contribution in [-0.4, -0.2) is 21.1 Å². The van der Waals surface area contributed by atoms with E-state index in [1.165, 1.54) is 10.4 Å². The number of hydrogen-bond donors (Lipinski definition) is 1. The first kappa shape index (κ1) is 13.1. The van der Waals surface area contributed by atoms with Crippen LogP contribution in [0, 0.1) is 0 Å². The molecule has 0 aliphatic heterocycles. The fourth-order valence-corrected chi connectivity index (χ4v) is 3.15. The minimum atomic E-state index is 0.0143. The Balaban J connectivity index is 1.79. The second-order valence-corrected chi connectivity index (χ2v) is 5.61. The zero-order valence-corrected chi connectivity index (χ0v) is 12.1. The number of imidazole rings is 1. The van der Waals surface area contributed by atoms with Gasteiger partial charge in [0.15, 0.2) is 4.96 Å². The molecule has 0 fully saturated rings. The van der Waals surface area contributed by atoms with Crippen molar-refractivity contribution in [3.63, 3.8) is 0 Å². The second-order valence-electron chi connectivity index (χ2n) is 4.51. The van der Waals surface area contributed by atoms with Gasteiger partial charge in [0.25, 0.3) is 0 Å². The molecule has 0 bridgehead atoms. The van der Waals surface area contributed by atoms with E-state index in [4.69, 9.17) is 4.74 Å². The molecule has 1 aromatic carbocycles. The van der Waals surface area contributed by atoms with Crippen molar-refractivity contribution in [3.8, 4) is 5.75 Å². The van der Waals surface area contributed by atoms with Crippen molar-refractivity contribution >= 4 is 16.3 Å². The van der Waals surface area contributed by atoms with Gasteiger partial charge in [-0.2, -0.15) is 0 Å². The van der Waals surface area contributed by atoms with Gasteiger partial charge in [0.2, 0.25) is 0 Å². The van der Waals surface area contributed by atoms with Crippen molar-refractivity contribution in [1.82, 2.24) is 9.38 Å². The highest BCUT2D eigenvalue weighted by atomic mass is 32.1. The lowest BCUT2D eigenvalue weighted by atomic mass is 10.1. The molecule has 0 radical (unpaired) electrons. The summed E-state index contributed by atoms with van der Waals surface area (Å²) in [6, 6.07) is 8.16. The molecule has 1 N–H and O–H groups in total. The minimum absolute atomic E-state index is 0.0143. The monoisotopic (exact) mass is 288 g/mol. The van der Waals surface area contributed by atoms with Crippen molar-refractivity contribution in [2.45, 2.75) is 20.0 Å². The Labute approximate surface area is 121 Å². The van der Waals surface area contributed by atoms with E-state index in [9.17, 15) is 5.11 Å². The fraction of sp³-hybridized carbons (Fsp3) is 0.267. The number of fused-ring (bicyclic) bond motifs is 1. The van der Waals surface area contributed by atoms with Crippen molar-refractivity contribution < 1.29 is 9.84 Å². The van der Waals surface area contributed by atoms with Gasteiger partial charge in [0.05, 0.1) is 25.1 Å². The third-order valence-corrected chi connectivity index (χ3v) is 4.11. The molecule has 0 saturated carbocycles. The summed E-state index contributed by atoms with van der Waals surface area (Å²) in [6.07, 6.45) is 4.63. The van der Waals surface area contributed by atoms with E-state index in [-0.39, 0.29) is 6.61 Å². The van der Waals surface area contributed by atoms with E-state index in [0.29, 0.717) is 6.61 Å². The van der Waals surface area contributed by atoms with Crippen LogP contribution in [0.15, 0.2) is 36.7 Å². The van der Waals surface area contributed by atoms with Gasteiger partial charge in [-0.15, -0.1) is 11.3 Å². The molecule has 2 aromatic heterocycles. The average Bonchev–Trinajstić information content (AvgIpc) is 3.01. The zero-order valence-electron chi connectivity index (χ0n) is 11.2. The number of ether oxygens (including phenoxy) is 1. The first-order chi connectivity index (χ1) is 9.80. The third-order valence-electron chi connectivity index (χ3n) is 3.11. The lowest BCUT2D eigenvalue weighted by molar-refractivity contribution is 0.276. The van der Waals surface area contributed by atoms with Crippen molar-refractivity contribution in [1.29, 1.82) is 0 Å². The summed E-state index contributed by atoms with van der Waals surface area (Å²) >= 11 is 1.65. The molecule has 3 aromatic rings. The summed E-state index contributed by atoms with van der Waals surface area (Å²) in [7, 11) is 0. The highest BCUT2D eigenvalue weighted by Crippen LogP contribution is 2.22. The zero-order chi connectivity index (χ0) is 13.9. The van der Waals surface area contributed by atoms with Crippen LogP contribution in [0.4, 0.5) is 0 Å². The molecule has 0 atom stereocenters. The Bertz CT molecular complexity index is 700. The summed E-state index contributed by atoms with van der Waals surface area (Å²) in [5, 5.41) is 9.23. The lowest BCUT2D eigenvalue weighted by Gasteiger charge is -2.03. The van der Waals surface area contributed by atoms with Crippen LogP contribution in [0.5, 0.6) is 5.75 Å². The van der Waals surface area contributed by atoms with Crippen LogP contribution < -0.4 is 4.74 Å². The predicted octanol–water partition coefficient (Wildman–Crippen LogP) is 2.88. The molecule has 5 heteroatoms. The number of aliphatic hydroxyl groups excluding tert-OH is 1. The second kappa shape index (κ2) is 5.64. The molecule has 3 rings (SSSR count). The Kier molecular flexibility index (Phi) is 3.71. The fourth-order valence-electron chi connectivity index (χ4n) is 2.15. The van der Waals surface area contributed by atoms with Crippen LogP contribution in [-0.2, 0) is 13.0 Å². The minimum Gasteiger partial charge on any atom is -0.494 e. The molecule has 0 saturated heterocycles. The summed E-state index contributed by atoms with van der Waals surface area (Å²) in [6.45, 7) is 2.68. The number of nitrogens with zero attached hydrogens (tertiary/aromatic N) is 2. The van der Waals surface area contributed by atoms with Crippen LogP contribution >= 0.6 is 11.3 Å². The molecule has 20 heavy (non-hydrogen) atoms. The SMILES string of the molecule is CCOc1ccc(Cc2cn3c(CO)cnc3s2)cc1. The maximum atomic E-state index is 9.23. The Morgan fingerprint density at radius 1 is 1.30 bits per heavy atom. The molecule has 2 heterocycles. The van der Waals surface area contributed by atoms with Gasteiger partial charge in [0, 0.05) is 17.5 Å². The maximum Gasteiger partial charge on any atom is 0.194 e. The summed E-state index contributed by atoms with van der Waals surface area (Å²) in [4.78, 5) is 6.45. The molecule has 0 spiro atoms. The molecular weight excluding hydrogens is 272 g/mol. The molecule has 0 amide bonds. The van der Waals surface area contributed by atoms with Crippen LogP contribution in [0.1, 0.15) is 23.1 Å². The standard InChI is InChI=1S/C15H16N2O2S/c1-2-19-13-5-3-11(4-6-13)7-14-9-17-12(10-18)8-16-15(17)20-14/h3-6,8-9,18H,2,7,10H2,1H3. The molecule has 0 aliphatic rings. The number of rotatable bonds is 5. The van der Waals surface area contributed by atoms with Crippen LogP contribution in [0.25, 0.3) is 4.96 Å². The average molecular weight is 288 g/mol. The van der Waals surface area contributed by atoms with Gasteiger partial charge in [0.1, 0.15) is 5.75 Å². The quantitative estimate of drug-likeness (QED) is 0.785. The van der Waals surface area contributed by atoms with Gasteiger partial charge < -0.3 is 9.84 Å². The van der Waals surface area contributed by atoms with Crippen molar-refractivity contribution in [2.24, 2.45) is 0 Å². The number of hydrogen-bond acceptors (Lipinski definition) is 4. The van der Waals surface area contributed by atoms with E-state index < -0.39 is 0 Å². The highest BCUT2D eigenvalue weighted by Gasteiger charge is 2.08. The van der Waals surface area contributed by atoms with Crippen molar-refractivity contribution in [3.05, 3.63) is 52.8 Å². The summed E-state index contributed by atoms with van der Waals surface area (Å²) in [5.41, 5.74) is 2.07. The normalized spacial score (nSPS) is 11.1. The van der Waals surface area contributed by atoms with E-state index in [0.717, 1.165) is 22.8 Å². The van der Waals surface area contributed by atoms with E-state index in [1.807, 2.05) is 23.5 Å². The number of thiazole rings is 1. The summed E-state index contributed by atoms with van der Waals surface area (Å²) < 4.78 is 7.39. The first-order valence-electron chi connectivity index (χ1n) is 6.57. The van der Waals surface area contributed by atoms with Gasteiger partial charge in [-0.25, -0.2) is 4.98 Å². The predicted molar refractivity (Wildman–Crippen MR) is 79.4 cm³/mol.